The van der Waals surface area contributed by atoms with Crippen LogP contribution in [0.3, 0.4) is 0 Å². The minimum Gasteiger partial charge on any atom is -0.370 e. The lowest BCUT2D eigenvalue weighted by molar-refractivity contribution is 0.456. The van der Waals surface area contributed by atoms with Crippen LogP contribution in [0.4, 0.5) is 0 Å². The van der Waals surface area contributed by atoms with E-state index in [1.807, 2.05) is 36.0 Å². The summed E-state index contributed by atoms with van der Waals surface area (Å²) in [5, 5.41) is 3.85. The van der Waals surface area contributed by atoms with E-state index in [0.717, 1.165) is 52.3 Å². The Morgan fingerprint density at radius 1 is 1.25 bits per heavy atom. The maximum atomic E-state index is 6.06. The van der Waals surface area contributed by atoms with E-state index in [-0.39, 0.29) is 24.0 Å². The number of thiazole rings is 1. The van der Waals surface area contributed by atoms with Crippen LogP contribution < -0.4 is 5.73 Å². The van der Waals surface area contributed by atoms with E-state index in [9.17, 15) is 0 Å². The lowest BCUT2D eigenvalue weighted by Gasteiger charge is -2.27. The summed E-state index contributed by atoms with van der Waals surface area (Å²) in [4.78, 5) is 11.3. The predicted molar refractivity (Wildman–Crippen MR) is 117 cm³/mol. The van der Waals surface area contributed by atoms with E-state index >= 15 is 0 Å². The number of hydrogen-bond donors (Lipinski definition) is 1. The summed E-state index contributed by atoms with van der Waals surface area (Å²) in [6.45, 7) is 2.67. The number of aliphatic imine (C=N–C) groups is 1. The minimum absolute atomic E-state index is 0. The summed E-state index contributed by atoms with van der Waals surface area (Å²) in [6.07, 6.45) is 0.813. The SMILES string of the molecule is I.NC(=NCCc1csc(-c2ccc(Cl)cc2)n1)N1CCSCC1. The van der Waals surface area contributed by atoms with E-state index in [1.165, 1.54) is 0 Å². The summed E-state index contributed by atoms with van der Waals surface area (Å²) < 4.78 is 0. The molecule has 0 unspecified atom stereocenters. The van der Waals surface area contributed by atoms with Crippen molar-refractivity contribution in [3.05, 3.63) is 40.4 Å². The van der Waals surface area contributed by atoms with Crippen LogP contribution in [-0.2, 0) is 6.42 Å². The molecule has 1 aliphatic heterocycles. The van der Waals surface area contributed by atoms with Crippen molar-refractivity contribution in [2.24, 2.45) is 10.7 Å². The van der Waals surface area contributed by atoms with Gasteiger partial charge in [-0.25, -0.2) is 4.98 Å². The van der Waals surface area contributed by atoms with Crippen LogP contribution >= 0.6 is 58.7 Å². The number of thioether (sulfide) groups is 1. The van der Waals surface area contributed by atoms with Crippen LogP contribution in [0.2, 0.25) is 5.02 Å². The zero-order chi connectivity index (χ0) is 16.1. The molecule has 0 amide bonds. The summed E-state index contributed by atoms with van der Waals surface area (Å²) in [6, 6.07) is 7.77. The van der Waals surface area contributed by atoms with Gasteiger partial charge in [-0.3, -0.25) is 4.99 Å². The Labute approximate surface area is 172 Å². The van der Waals surface area contributed by atoms with E-state index in [2.05, 4.69) is 20.3 Å². The second-order valence-corrected chi connectivity index (χ2v) is 7.76. The molecule has 0 saturated carbocycles. The molecular formula is C16H20ClIN4S2. The molecule has 1 saturated heterocycles. The van der Waals surface area contributed by atoms with Crippen LogP contribution in [-0.4, -0.2) is 47.0 Å². The van der Waals surface area contributed by atoms with Gasteiger partial charge in [-0.05, 0) is 12.1 Å². The molecule has 0 aliphatic carbocycles. The minimum atomic E-state index is 0. The van der Waals surface area contributed by atoms with Crippen molar-refractivity contribution in [2.45, 2.75) is 6.42 Å². The zero-order valence-corrected chi connectivity index (χ0v) is 17.9. The van der Waals surface area contributed by atoms with Gasteiger partial charge in [-0.15, -0.1) is 35.3 Å². The second-order valence-electron chi connectivity index (χ2n) is 5.24. The molecule has 2 N–H and O–H groups in total. The quantitative estimate of drug-likeness (QED) is 0.397. The Kier molecular flexibility index (Phi) is 8.12. The van der Waals surface area contributed by atoms with Crippen LogP contribution in [0.25, 0.3) is 10.6 Å². The number of rotatable bonds is 4. The predicted octanol–water partition coefficient (Wildman–Crippen LogP) is 3.99. The Hall–Kier alpha value is -0.510. The van der Waals surface area contributed by atoms with E-state index in [4.69, 9.17) is 17.3 Å². The number of halogens is 2. The maximum absolute atomic E-state index is 6.06. The van der Waals surface area contributed by atoms with Crippen molar-refractivity contribution in [1.82, 2.24) is 9.88 Å². The van der Waals surface area contributed by atoms with Gasteiger partial charge in [0.05, 0.1) is 5.69 Å². The third kappa shape index (κ3) is 5.50. The highest BCUT2D eigenvalue weighted by molar-refractivity contribution is 14.0. The molecule has 1 aromatic carbocycles. The molecule has 24 heavy (non-hydrogen) atoms. The fraction of sp³-hybridized carbons (Fsp3) is 0.375. The number of hydrogen-bond acceptors (Lipinski definition) is 4. The van der Waals surface area contributed by atoms with Crippen LogP contribution in [0.15, 0.2) is 34.6 Å². The first-order valence-corrected chi connectivity index (χ1v) is 9.96. The summed E-state index contributed by atoms with van der Waals surface area (Å²) in [5.74, 6) is 2.93. The molecule has 4 nitrogen and oxygen atoms in total. The number of aromatic nitrogens is 1. The Balaban J connectivity index is 0.00000208. The van der Waals surface area contributed by atoms with E-state index in [0.29, 0.717) is 12.5 Å². The number of nitrogens with zero attached hydrogens (tertiary/aromatic N) is 3. The number of benzene rings is 1. The van der Waals surface area contributed by atoms with Gasteiger partial charge in [0, 0.05) is 53.5 Å². The van der Waals surface area contributed by atoms with Gasteiger partial charge >= 0.3 is 0 Å². The van der Waals surface area contributed by atoms with Crippen LogP contribution in [0.5, 0.6) is 0 Å². The maximum Gasteiger partial charge on any atom is 0.191 e. The zero-order valence-electron chi connectivity index (χ0n) is 13.2. The fourth-order valence-corrected chi connectivity index (χ4v) is 4.21. The molecule has 0 bridgehead atoms. The topological polar surface area (TPSA) is 54.5 Å². The van der Waals surface area contributed by atoms with Gasteiger partial charge < -0.3 is 10.6 Å². The molecule has 0 atom stereocenters. The van der Waals surface area contributed by atoms with Gasteiger partial charge in [-0.1, -0.05) is 23.7 Å². The van der Waals surface area contributed by atoms with Crippen LogP contribution in [0.1, 0.15) is 5.69 Å². The van der Waals surface area contributed by atoms with E-state index in [1.54, 1.807) is 11.3 Å². The van der Waals surface area contributed by atoms with Crippen molar-refractivity contribution >= 4 is 64.6 Å². The molecule has 8 heteroatoms. The molecule has 3 rings (SSSR count). The lowest BCUT2D eigenvalue weighted by atomic mass is 10.2. The normalized spacial score (nSPS) is 15.2. The highest BCUT2D eigenvalue weighted by Crippen LogP contribution is 2.25. The molecule has 1 fully saturated rings. The Bertz CT molecular complexity index is 669. The number of nitrogens with two attached hydrogens (primary N) is 1. The molecule has 1 aliphatic rings. The Morgan fingerprint density at radius 2 is 1.96 bits per heavy atom. The Morgan fingerprint density at radius 3 is 2.67 bits per heavy atom. The van der Waals surface area contributed by atoms with Gasteiger partial charge in [-0.2, -0.15) is 11.8 Å². The van der Waals surface area contributed by atoms with Gasteiger partial charge in [0.1, 0.15) is 5.01 Å². The van der Waals surface area contributed by atoms with Gasteiger partial charge in [0.15, 0.2) is 5.96 Å². The molecule has 2 aromatic rings. The molecule has 1 aromatic heterocycles. The summed E-state index contributed by atoms with van der Waals surface area (Å²) >= 11 is 9.54. The summed E-state index contributed by atoms with van der Waals surface area (Å²) in [7, 11) is 0. The first-order valence-electron chi connectivity index (χ1n) is 7.55. The average molecular weight is 495 g/mol. The van der Waals surface area contributed by atoms with Crippen molar-refractivity contribution in [2.75, 3.05) is 31.1 Å². The standard InChI is InChI=1S/C16H19ClN4S2.HI/c17-13-3-1-12(2-4-13)15-20-14(11-23-15)5-6-19-16(18)21-7-9-22-10-8-21;/h1-4,11H,5-10H2,(H2,18,19);1H. The molecular weight excluding hydrogens is 475 g/mol. The van der Waals surface area contributed by atoms with E-state index < -0.39 is 0 Å². The molecule has 2 heterocycles. The third-order valence-electron chi connectivity index (χ3n) is 3.62. The molecule has 0 spiro atoms. The second kappa shape index (κ2) is 9.84. The monoisotopic (exact) mass is 494 g/mol. The highest BCUT2D eigenvalue weighted by Gasteiger charge is 2.12. The van der Waals surface area contributed by atoms with Crippen LogP contribution in [0, 0.1) is 0 Å². The van der Waals surface area contributed by atoms with Crippen molar-refractivity contribution in [1.29, 1.82) is 0 Å². The van der Waals surface area contributed by atoms with Crippen molar-refractivity contribution in [3.63, 3.8) is 0 Å². The van der Waals surface area contributed by atoms with Crippen molar-refractivity contribution in [3.8, 4) is 10.6 Å². The first-order chi connectivity index (χ1) is 11.2. The van der Waals surface area contributed by atoms with Gasteiger partial charge in [0.25, 0.3) is 0 Å². The first kappa shape index (κ1) is 19.8. The lowest BCUT2D eigenvalue weighted by Crippen LogP contribution is -2.42. The molecule has 0 radical (unpaired) electrons. The average Bonchev–Trinajstić information content (AvgIpc) is 3.05. The third-order valence-corrected chi connectivity index (χ3v) is 5.75. The fourth-order valence-electron chi connectivity index (χ4n) is 2.32. The van der Waals surface area contributed by atoms with Crippen molar-refractivity contribution < 1.29 is 0 Å². The number of guanidine groups is 1. The smallest absolute Gasteiger partial charge is 0.191 e. The summed E-state index contributed by atoms with van der Waals surface area (Å²) in [5.41, 5.74) is 8.22. The molecule has 130 valence electrons. The largest absolute Gasteiger partial charge is 0.370 e. The highest BCUT2D eigenvalue weighted by atomic mass is 127. The van der Waals surface area contributed by atoms with Gasteiger partial charge in [0.2, 0.25) is 0 Å².